The minimum absolute atomic E-state index is 0.643. The van der Waals surface area contributed by atoms with Crippen molar-refractivity contribution >= 4 is 26.8 Å². The van der Waals surface area contributed by atoms with Gasteiger partial charge in [-0.15, -0.1) is 0 Å². The molecular formula is C15H20BrN. The zero-order valence-electron chi connectivity index (χ0n) is 10.6. The van der Waals surface area contributed by atoms with Crippen LogP contribution in [-0.2, 0) is 0 Å². The maximum absolute atomic E-state index is 3.55. The van der Waals surface area contributed by atoms with Crippen LogP contribution in [0.15, 0.2) is 28.9 Å². The summed E-state index contributed by atoms with van der Waals surface area (Å²) >= 11 is 3.55. The first-order chi connectivity index (χ1) is 8.22. The Morgan fingerprint density at radius 2 is 2.12 bits per heavy atom. The number of nitrogens with one attached hydrogen (secondary N) is 1. The highest BCUT2D eigenvalue weighted by Gasteiger charge is 2.11. The molecule has 1 unspecified atom stereocenters. The third-order valence-electron chi connectivity index (χ3n) is 3.45. The molecule has 0 spiro atoms. The summed E-state index contributed by atoms with van der Waals surface area (Å²) in [6.45, 7) is 4.59. The van der Waals surface area contributed by atoms with Crippen LogP contribution in [-0.4, -0.2) is 4.98 Å². The molecule has 1 nitrogen and oxygen atoms in total. The summed E-state index contributed by atoms with van der Waals surface area (Å²) in [6, 6.07) is 6.45. The van der Waals surface area contributed by atoms with Crippen molar-refractivity contribution in [1.82, 2.24) is 4.98 Å². The number of hydrogen-bond acceptors (Lipinski definition) is 0. The average Bonchev–Trinajstić information content (AvgIpc) is 2.72. The average molecular weight is 294 g/mol. The highest BCUT2D eigenvalue weighted by molar-refractivity contribution is 9.10. The van der Waals surface area contributed by atoms with Crippen LogP contribution in [0.2, 0.25) is 0 Å². The van der Waals surface area contributed by atoms with Crippen LogP contribution in [0.25, 0.3) is 10.9 Å². The number of H-pyrrole nitrogens is 1. The lowest BCUT2D eigenvalue weighted by Crippen LogP contribution is -1.92. The van der Waals surface area contributed by atoms with Gasteiger partial charge < -0.3 is 4.98 Å². The van der Waals surface area contributed by atoms with Gasteiger partial charge in [0.15, 0.2) is 0 Å². The molecule has 0 bridgehead atoms. The summed E-state index contributed by atoms with van der Waals surface area (Å²) in [5, 5.41) is 1.36. The summed E-state index contributed by atoms with van der Waals surface area (Å²) in [7, 11) is 0. The van der Waals surface area contributed by atoms with E-state index in [1.807, 2.05) is 0 Å². The Kier molecular flexibility index (Phi) is 4.27. The molecule has 1 aromatic heterocycles. The van der Waals surface area contributed by atoms with Crippen molar-refractivity contribution in [2.24, 2.45) is 0 Å². The highest BCUT2D eigenvalue weighted by atomic mass is 79.9. The van der Waals surface area contributed by atoms with Crippen molar-refractivity contribution in [3.05, 3.63) is 34.4 Å². The largest absolute Gasteiger partial charge is 0.361 e. The summed E-state index contributed by atoms with van der Waals surface area (Å²) in [4.78, 5) is 3.37. The summed E-state index contributed by atoms with van der Waals surface area (Å²) in [6.07, 6.45) is 7.43. The number of aromatic amines is 1. The molecule has 2 rings (SSSR count). The van der Waals surface area contributed by atoms with Gasteiger partial charge in [0.25, 0.3) is 0 Å². The third kappa shape index (κ3) is 2.92. The SMILES string of the molecule is CCCCCC(C)c1c[nH]c2ccc(Br)cc12. The second kappa shape index (κ2) is 5.72. The number of rotatable bonds is 5. The normalized spacial score (nSPS) is 13.1. The zero-order chi connectivity index (χ0) is 12.3. The Morgan fingerprint density at radius 3 is 2.88 bits per heavy atom. The predicted molar refractivity (Wildman–Crippen MR) is 78.6 cm³/mol. The molecule has 0 aliphatic heterocycles. The number of fused-ring (bicyclic) bond motifs is 1. The van der Waals surface area contributed by atoms with Crippen molar-refractivity contribution in [3.8, 4) is 0 Å². The van der Waals surface area contributed by atoms with E-state index in [9.17, 15) is 0 Å². The van der Waals surface area contributed by atoms with Gasteiger partial charge in [-0.25, -0.2) is 0 Å². The van der Waals surface area contributed by atoms with Gasteiger partial charge in [-0.05, 0) is 36.1 Å². The second-order valence-corrected chi connectivity index (χ2v) is 5.75. The van der Waals surface area contributed by atoms with E-state index in [-0.39, 0.29) is 0 Å². The Morgan fingerprint density at radius 1 is 1.29 bits per heavy atom. The first kappa shape index (κ1) is 12.7. The number of hydrogen-bond donors (Lipinski definition) is 1. The van der Waals surface area contributed by atoms with E-state index in [0.29, 0.717) is 5.92 Å². The smallest absolute Gasteiger partial charge is 0.0457 e. The fourth-order valence-corrected chi connectivity index (χ4v) is 2.74. The topological polar surface area (TPSA) is 15.8 Å². The van der Waals surface area contributed by atoms with E-state index in [2.05, 4.69) is 59.2 Å². The highest BCUT2D eigenvalue weighted by Crippen LogP contribution is 2.30. The molecule has 1 aromatic carbocycles. The van der Waals surface area contributed by atoms with Gasteiger partial charge in [0.1, 0.15) is 0 Å². The minimum Gasteiger partial charge on any atom is -0.361 e. The fraction of sp³-hybridized carbons (Fsp3) is 0.467. The van der Waals surface area contributed by atoms with Crippen molar-refractivity contribution < 1.29 is 0 Å². The van der Waals surface area contributed by atoms with Gasteiger partial charge in [-0.1, -0.05) is 49.0 Å². The van der Waals surface area contributed by atoms with Crippen LogP contribution in [0, 0.1) is 0 Å². The second-order valence-electron chi connectivity index (χ2n) is 4.83. The van der Waals surface area contributed by atoms with Gasteiger partial charge in [-0.2, -0.15) is 0 Å². The van der Waals surface area contributed by atoms with Crippen LogP contribution in [0.4, 0.5) is 0 Å². The summed E-state index contributed by atoms with van der Waals surface area (Å²) in [5.74, 6) is 0.643. The van der Waals surface area contributed by atoms with E-state index < -0.39 is 0 Å². The molecule has 0 saturated carbocycles. The van der Waals surface area contributed by atoms with Crippen molar-refractivity contribution in [1.29, 1.82) is 0 Å². The predicted octanol–water partition coefficient (Wildman–Crippen LogP) is 5.61. The molecule has 0 radical (unpaired) electrons. The quantitative estimate of drug-likeness (QED) is 0.689. The Balaban J connectivity index is 2.19. The van der Waals surface area contributed by atoms with Gasteiger partial charge in [0, 0.05) is 21.6 Å². The lowest BCUT2D eigenvalue weighted by molar-refractivity contribution is 0.600. The van der Waals surface area contributed by atoms with E-state index in [0.717, 1.165) is 4.47 Å². The maximum atomic E-state index is 3.55. The monoisotopic (exact) mass is 293 g/mol. The molecule has 0 aliphatic carbocycles. The zero-order valence-corrected chi connectivity index (χ0v) is 12.2. The summed E-state index contributed by atoms with van der Waals surface area (Å²) in [5.41, 5.74) is 2.70. The maximum Gasteiger partial charge on any atom is 0.0457 e. The van der Waals surface area contributed by atoms with Crippen LogP contribution in [0.1, 0.15) is 51.0 Å². The first-order valence-electron chi connectivity index (χ1n) is 6.49. The number of aromatic nitrogens is 1. The van der Waals surface area contributed by atoms with E-state index in [1.165, 1.54) is 42.1 Å². The molecule has 17 heavy (non-hydrogen) atoms. The molecule has 92 valence electrons. The van der Waals surface area contributed by atoms with E-state index >= 15 is 0 Å². The molecule has 0 fully saturated rings. The van der Waals surface area contributed by atoms with Crippen molar-refractivity contribution in [3.63, 3.8) is 0 Å². The van der Waals surface area contributed by atoms with E-state index in [4.69, 9.17) is 0 Å². The first-order valence-corrected chi connectivity index (χ1v) is 7.28. The van der Waals surface area contributed by atoms with Crippen molar-refractivity contribution in [2.75, 3.05) is 0 Å². The van der Waals surface area contributed by atoms with Gasteiger partial charge in [0.05, 0.1) is 0 Å². The molecule has 0 amide bonds. The molecule has 1 N–H and O–H groups in total. The number of halogens is 1. The Hall–Kier alpha value is -0.760. The van der Waals surface area contributed by atoms with Gasteiger partial charge >= 0.3 is 0 Å². The number of unbranched alkanes of at least 4 members (excludes halogenated alkanes) is 2. The van der Waals surface area contributed by atoms with Crippen LogP contribution < -0.4 is 0 Å². The third-order valence-corrected chi connectivity index (χ3v) is 3.94. The molecule has 1 atom stereocenters. The lowest BCUT2D eigenvalue weighted by atomic mass is 9.95. The molecule has 1 heterocycles. The number of benzene rings is 1. The molecule has 2 aromatic rings. The Labute approximate surface area is 112 Å². The Bertz CT molecular complexity index is 487. The van der Waals surface area contributed by atoms with Crippen LogP contribution in [0.5, 0.6) is 0 Å². The van der Waals surface area contributed by atoms with Crippen LogP contribution in [0.3, 0.4) is 0 Å². The van der Waals surface area contributed by atoms with Gasteiger partial charge in [-0.3, -0.25) is 0 Å². The molecule has 0 saturated heterocycles. The molecule has 0 aliphatic rings. The van der Waals surface area contributed by atoms with E-state index in [1.54, 1.807) is 0 Å². The van der Waals surface area contributed by atoms with Crippen molar-refractivity contribution in [2.45, 2.75) is 45.4 Å². The van der Waals surface area contributed by atoms with Crippen LogP contribution >= 0.6 is 15.9 Å². The minimum atomic E-state index is 0.643. The standard InChI is InChI=1S/C15H20BrN/c1-3-4-5-6-11(2)14-10-17-15-8-7-12(16)9-13(14)15/h7-11,17H,3-6H2,1-2H3. The summed E-state index contributed by atoms with van der Waals surface area (Å²) < 4.78 is 1.16. The van der Waals surface area contributed by atoms with Gasteiger partial charge in [0.2, 0.25) is 0 Å². The molecular weight excluding hydrogens is 274 g/mol. The fourth-order valence-electron chi connectivity index (χ4n) is 2.38. The lowest BCUT2D eigenvalue weighted by Gasteiger charge is -2.10. The molecule has 2 heteroatoms.